The zero-order valence-corrected chi connectivity index (χ0v) is 11.7. The molecular weight excluding hydrogens is 281 g/mol. The first kappa shape index (κ1) is 16.6. The van der Waals surface area contributed by atoms with E-state index in [4.69, 9.17) is 4.84 Å². The molecular formula is C14H16FNO5. The second kappa shape index (κ2) is 8.01. The topological polar surface area (TPSA) is 76.1 Å². The molecule has 0 unspecified atom stereocenters. The first-order chi connectivity index (χ1) is 9.97. The van der Waals surface area contributed by atoms with Gasteiger partial charge in [0, 0.05) is 0 Å². The van der Waals surface area contributed by atoms with E-state index in [2.05, 4.69) is 4.74 Å². The number of carbonyl (C=O) groups excluding carboxylic acids is 2. The lowest BCUT2D eigenvalue weighted by molar-refractivity contribution is -0.170. The van der Waals surface area contributed by atoms with E-state index in [1.165, 1.54) is 19.2 Å². The number of methoxy groups -OCH3 is 1. The molecule has 0 aliphatic carbocycles. The Kier molecular flexibility index (Phi) is 6.35. The van der Waals surface area contributed by atoms with Crippen molar-refractivity contribution in [2.24, 2.45) is 0 Å². The number of aliphatic hydroxyl groups is 1. The maximum absolute atomic E-state index is 12.8. The van der Waals surface area contributed by atoms with Crippen LogP contribution in [0.2, 0.25) is 0 Å². The maximum Gasteiger partial charge on any atom is 0.373 e. The zero-order valence-electron chi connectivity index (χ0n) is 11.7. The van der Waals surface area contributed by atoms with Crippen molar-refractivity contribution in [3.8, 4) is 0 Å². The Bertz CT molecular complexity index is 527. The van der Waals surface area contributed by atoms with Gasteiger partial charge in [-0.25, -0.2) is 14.2 Å². The minimum atomic E-state index is -1.02. The van der Waals surface area contributed by atoms with Crippen molar-refractivity contribution in [3.63, 3.8) is 0 Å². The monoisotopic (exact) mass is 297 g/mol. The minimum Gasteiger partial charge on any atom is -0.502 e. The summed E-state index contributed by atoms with van der Waals surface area (Å²) in [5.74, 6) is -2.88. The van der Waals surface area contributed by atoms with Gasteiger partial charge in [-0.15, -0.1) is 0 Å². The molecule has 0 heterocycles. The van der Waals surface area contributed by atoms with E-state index in [1.54, 1.807) is 12.1 Å². The Morgan fingerprint density at radius 3 is 2.43 bits per heavy atom. The lowest BCUT2D eigenvalue weighted by Crippen LogP contribution is -2.31. The molecule has 0 aliphatic rings. The highest BCUT2D eigenvalue weighted by atomic mass is 19.1. The van der Waals surface area contributed by atoms with Crippen molar-refractivity contribution in [2.75, 3.05) is 20.8 Å². The maximum atomic E-state index is 12.8. The molecule has 1 aromatic rings. The lowest BCUT2D eigenvalue weighted by atomic mass is 10.1. The van der Waals surface area contributed by atoms with E-state index in [9.17, 15) is 19.1 Å². The van der Waals surface area contributed by atoms with Crippen LogP contribution in [0.5, 0.6) is 0 Å². The van der Waals surface area contributed by atoms with Crippen LogP contribution < -0.4 is 0 Å². The van der Waals surface area contributed by atoms with Crippen molar-refractivity contribution in [3.05, 3.63) is 47.5 Å². The van der Waals surface area contributed by atoms with Crippen molar-refractivity contribution < 1.29 is 28.7 Å². The minimum absolute atomic E-state index is 0.173. The predicted molar refractivity (Wildman–Crippen MR) is 71.6 cm³/mol. The highest BCUT2D eigenvalue weighted by Crippen LogP contribution is 2.06. The van der Waals surface area contributed by atoms with Crippen LogP contribution in [0, 0.1) is 5.82 Å². The molecule has 0 bridgehead atoms. The summed E-state index contributed by atoms with van der Waals surface area (Å²) in [6.45, 7) is 0.173. The molecule has 0 aliphatic heterocycles. The number of nitrogens with zero attached hydrogens (tertiary/aromatic N) is 1. The molecule has 0 saturated heterocycles. The van der Waals surface area contributed by atoms with Gasteiger partial charge in [-0.05, 0) is 24.1 Å². The molecule has 0 spiro atoms. The number of hydrogen-bond acceptors (Lipinski definition) is 5. The van der Waals surface area contributed by atoms with E-state index in [0.29, 0.717) is 12.5 Å². The summed E-state index contributed by atoms with van der Waals surface area (Å²) >= 11 is 0. The Labute approximate surface area is 121 Å². The van der Waals surface area contributed by atoms with Crippen molar-refractivity contribution >= 4 is 11.9 Å². The van der Waals surface area contributed by atoms with E-state index in [0.717, 1.165) is 17.7 Å². The summed E-state index contributed by atoms with van der Waals surface area (Å²) < 4.78 is 17.0. The smallest absolute Gasteiger partial charge is 0.373 e. The van der Waals surface area contributed by atoms with Crippen molar-refractivity contribution in [1.29, 1.82) is 0 Å². The van der Waals surface area contributed by atoms with E-state index in [-0.39, 0.29) is 12.4 Å². The highest BCUT2D eigenvalue weighted by Gasteiger charge is 2.15. The molecule has 1 aromatic carbocycles. The number of hydrogen-bond donors (Lipinski definition) is 1. The SMILES string of the molecule is COC(=O)C(O)=CC(=O)N(CCc1ccc(F)cc1)OC. The molecule has 21 heavy (non-hydrogen) atoms. The second-order valence-corrected chi connectivity index (χ2v) is 4.02. The summed E-state index contributed by atoms with van der Waals surface area (Å²) in [5, 5.41) is 10.3. The summed E-state index contributed by atoms with van der Waals surface area (Å²) in [6, 6.07) is 5.82. The van der Waals surface area contributed by atoms with Gasteiger partial charge in [-0.3, -0.25) is 9.63 Å². The molecule has 0 atom stereocenters. The molecule has 1 N–H and O–H groups in total. The quantitative estimate of drug-likeness (QED) is 0.371. The number of halogens is 1. The number of aliphatic hydroxyl groups excluding tert-OH is 1. The first-order valence-corrected chi connectivity index (χ1v) is 6.07. The third kappa shape index (κ3) is 5.23. The van der Waals surface area contributed by atoms with Gasteiger partial charge in [-0.2, -0.15) is 0 Å². The predicted octanol–water partition coefficient (Wildman–Crippen LogP) is 1.37. The largest absolute Gasteiger partial charge is 0.502 e. The van der Waals surface area contributed by atoms with Crippen LogP contribution >= 0.6 is 0 Å². The molecule has 1 amide bonds. The van der Waals surface area contributed by atoms with Gasteiger partial charge in [0.05, 0.1) is 26.8 Å². The summed E-state index contributed by atoms with van der Waals surface area (Å²) in [7, 11) is 2.37. The number of rotatable bonds is 6. The third-order valence-electron chi connectivity index (χ3n) is 2.64. The standard InChI is InChI=1S/C14H16FNO5/c1-20-14(19)12(17)9-13(18)16(21-2)8-7-10-3-5-11(15)6-4-10/h3-6,9,17H,7-8H2,1-2H3. The molecule has 1 rings (SSSR count). The fourth-order valence-electron chi connectivity index (χ4n) is 1.53. The second-order valence-electron chi connectivity index (χ2n) is 4.02. The number of hydroxylamine groups is 2. The van der Waals surface area contributed by atoms with Gasteiger partial charge in [0.1, 0.15) is 5.82 Å². The zero-order chi connectivity index (χ0) is 15.8. The van der Waals surface area contributed by atoms with Crippen LogP contribution in [-0.4, -0.2) is 42.8 Å². The van der Waals surface area contributed by atoms with E-state index in [1.807, 2.05) is 0 Å². The number of esters is 1. The van der Waals surface area contributed by atoms with Crippen molar-refractivity contribution in [2.45, 2.75) is 6.42 Å². The third-order valence-corrected chi connectivity index (χ3v) is 2.64. The Morgan fingerprint density at radius 1 is 1.29 bits per heavy atom. The molecule has 0 radical (unpaired) electrons. The lowest BCUT2D eigenvalue weighted by Gasteiger charge is -2.18. The number of benzene rings is 1. The number of ether oxygens (including phenoxy) is 1. The van der Waals surface area contributed by atoms with Gasteiger partial charge < -0.3 is 9.84 Å². The molecule has 6 nitrogen and oxygen atoms in total. The fourth-order valence-corrected chi connectivity index (χ4v) is 1.53. The molecule has 0 aromatic heterocycles. The Balaban J connectivity index is 2.64. The van der Waals surface area contributed by atoms with Crippen LogP contribution in [0.1, 0.15) is 5.56 Å². The first-order valence-electron chi connectivity index (χ1n) is 6.07. The molecule has 114 valence electrons. The summed E-state index contributed by atoms with van der Waals surface area (Å²) in [5.41, 5.74) is 0.812. The summed E-state index contributed by atoms with van der Waals surface area (Å²) in [6.07, 6.45) is 1.13. The van der Waals surface area contributed by atoms with Crippen molar-refractivity contribution in [1.82, 2.24) is 5.06 Å². The van der Waals surface area contributed by atoms with Gasteiger partial charge >= 0.3 is 5.97 Å². The average Bonchev–Trinajstić information content (AvgIpc) is 2.48. The van der Waals surface area contributed by atoms with Gasteiger partial charge in [0.15, 0.2) is 0 Å². The molecule has 0 fully saturated rings. The van der Waals surface area contributed by atoms with Crippen LogP contribution in [-0.2, 0) is 25.6 Å². The Hall–Kier alpha value is -2.41. The van der Waals surface area contributed by atoms with Crippen LogP contribution in [0.3, 0.4) is 0 Å². The van der Waals surface area contributed by atoms with E-state index >= 15 is 0 Å². The molecule has 0 saturated carbocycles. The van der Waals surface area contributed by atoms with Crippen LogP contribution in [0.25, 0.3) is 0 Å². The highest BCUT2D eigenvalue weighted by molar-refractivity contribution is 5.96. The van der Waals surface area contributed by atoms with Gasteiger partial charge in [0.2, 0.25) is 5.76 Å². The molecule has 7 heteroatoms. The number of amides is 1. The normalized spacial score (nSPS) is 11.1. The van der Waals surface area contributed by atoms with Crippen LogP contribution in [0.15, 0.2) is 36.1 Å². The number of carbonyl (C=O) groups is 2. The van der Waals surface area contributed by atoms with E-state index < -0.39 is 17.6 Å². The van der Waals surface area contributed by atoms with Gasteiger partial charge in [-0.1, -0.05) is 12.1 Å². The van der Waals surface area contributed by atoms with Crippen LogP contribution in [0.4, 0.5) is 4.39 Å². The van der Waals surface area contributed by atoms with Gasteiger partial charge in [0.25, 0.3) is 5.91 Å². The fraction of sp³-hybridized carbons (Fsp3) is 0.286. The average molecular weight is 297 g/mol. The Morgan fingerprint density at radius 2 is 1.90 bits per heavy atom. The summed E-state index contributed by atoms with van der Waals surface area (Å²) in [4.78, 5) is 27.6.